The van der Waals surface area contributed by atoms with Crippen LogP contribution >= 0.6 is 11.6 Å². The van der Waals surface area contributed by atoms with Crippen LogP contribution in [0.5, 0.6) is 0 Å². The number of nitrogens with zero attached hydrogens (tertiary/aromatic N) is 1. The number of rotatable bonds is 3. The van der Waals surface area contributed by atoms with Crippen LogP contribution in [0.4, 0.5) is 5.69 Å². The van der Waals surface area contributed by atoms with Gasteiger partial charge < -0.3 is 15.7 Å². The molecule has 0 radical (unpaired) electrons. The van der Waals surface area contributed by atoms with E-state index in [9.17, 15) is 5.11 Å². The molecule has 0 saturated carbocycles. The van der Waals surface area contributed by atoms with Gasteiger partial charge in [0.15, 0.2) is 0 Å². The van der Waals surface area contributed by atoms with E-state index in [4.69, 9.17) is 17.3 Å². The monoisotopic (exact) mass is 240 g/mol. The van der Waals surface area contributed by atoms with Crippen LogP contribution in [-0.4, -0.2) is 24.7 Å². The minimum absolute atomic E-state index is 0.199. The quantitative estimate of drug-likeness (QED) is 0.849. The van der Waals surface area contributed by atoms with Crippen molar-refractivity contribution in [1.29, 1.82) is 0 Å². The van der Waals surface area contributed by atoms with Gasteiger partial charge in [-0.05, 0) is 25.0 Å². The molecule has 1 fully saturated rings. The Morgan fingerprint density at radius 2 is 2.06 bits per heavy atom. The zero-order chi connectivity index (χ0) is 11.5. The Kier molecular flexibility index (Phi) is 3.69. The molecule has 88 valence electrons. The van der Waals surface area contributed by atoms with Crippen molar-refractivity contribution in [3.8, 4) is 0 Å². The summed E-state index contributed by atoms with van der Waals surface area (Å²) in [6.45, 7) is 2.26. The smallest absolute Gasteiger partial charge is 0.0946 e. The maximum absolute atomic E-state index is 9.92. The summed E-state index contributed by atoms with van der Waals surface area (Å²) in [5.74, 6) is 0. The molecule has 0 bridgehead atoms. The zero-order valence-electron chi connectivity index (χ0n) is 9.19. The van der Waals surface area contributed by atoms with Gasteiger partial charge in [0.2, 0.25) is 0 Å². The molecule has 1 unspecified atom stereocenters. The fourth-order valence-corrected chi connectivity index (χ4v) is 2.50. The van der Waals surface area contributed by atoms with Crippen molar-refractivity contribution in [3.05, 3.63) is 28.8 Å². The third kappa shape index (κ3) is 2.17. The number of halogens is 1. The summed E-state index contributed by atoms with van der Waals surface area (Å²) >= 11 is 6.14. The largest absolute Gasteiger partial charge is 0.387 e. The molecule has 0 spiro atoms. The van der Waals surface area contributed by atoms with Gasteiger partial charge in [0.05, 0.1) is 6.10 Å². The third-order valence-corrected chi connectivity index (χ3v) is 3.36. The zero-order valence-corrected chi connectivity index (χ0v) is 9.95. The van der Waals surface area contributed by atoms with E-state index < -0.39 is 6.10 Å². The second-order valence-corrected chi connectivity index (χ2v) is 4.53. The van der Waals surface area contributed by atoms with Crippen LogP contribution in [0, 0.1) is 0 Å². The lowest BCUT2D eigenvalue weighted by Crippen LogP contribution is -2.22. The van der Waals surface area contributed by atoms with Crippen molar-refractivity contribution in [1.82, 2.24) is 0 Å². The van der Waals surface area contributed by atoms with Crippen LogP contribution in [0.25, 0.3) is 0 Å². The Bertz CT molecular complexity index is 364. The van der Waals surface area contributed by atoms with Crippen molar-refractivity contribution in [3.63, 3.8) is 0 Å². The Labute approximate surface area is 101 Å². The van der Waals surface area contributed by atoms with Gasteiger partial charge in [-0.1, -0.05) is 17.7 Å². The molecule has 1 aromatic rings. The highest BCUT2D eigenvalue weighted by Gasteiger charge is 2.21. The van der Waals surface area contributed by atoms with E-state index in [0.717, 1.165) is 24.3 Å². The van der Waals surface area contributed by atoms with Gasteiger partial charge in [-0.25, -0.2) is 0 Å². The maximum Gasteiger partial charge on any atom is 0.0946 e. The van der Waals surface area contributed by atoms with E-state index in [1.807, 2.05) is 12.1 Å². The molecule has 4 heteroatoms. The van der Waals surface area contributed by atoms with E-state index in [1.165, 1.54) is 12.8 Å². The minimum Gasteiger partial charge on any atom is -0.387 e. The van der Waals surface area contributed by atoms with E-state index in [-0.39, 0.29) is 6.54 Å². The van der Waals surface area contributed by atoms with Crippen LogP contribution in [0.2, 0.25) is 5.02 Å². The molecule has 1 aliphatic heterocycles. The van der Waals surface area contributed by atoms with Crippen LogP contribution in [0.1, 0.15) is 24.5 Å². The van der Waals surface area contributed by atoms with Crippen molar-refractivity contribution in [2.24, 2.45) is 5.73 Å². The average molecular weight is 241 g/mol. The Morgan fingerprint density at radius 1 is 1.38 bits per heavy atom. The average Bonchev–Trinajstić information content (AvgIpc) is 2.81. The number of anilines is 1. The number of hydrogen-bond donors (Lipinski definition) is 2. The molecular weight excluding hydrogens is 224 g/mol. The highest BCUT2D eigenvalue weighted by Crippen LogP contribution is 2.34. The minimum atomic E-state index is -0.677. The van der Waals surface area contributed by atoms with Gasteiger partial charge >= 0.3 is 0 Å². The standard InChI is InChI=1S/C12H17ClN2O/c13-9-4-3-5-10(12(9)11(16)8-14)15-6-1-2-7-15/h3-5,11,16H,1-2,6-8,14H2. The molecule has 0 aromatic heterocycles. The SMILES string of the molecule is NCC(O)c1c(Cl)cccc1N1CCCC1. The third-order valence-electron chi connectivity index (χ3n) is 3.03. The molecule has 1 saturated heterocycles. The first-order valence-electron chi connectivity index (χ1n) is 5.65. The molecular formula is C12H17ClN2O. The Morgan fingerprint density at radius 3 is 2.69 bits per heavy atom. The molecule has 3 N–H and O–H groups in total. The van der Waals surface area contributed by atoms with Crippen molar-refractivity contribution in [2.45, 2.75) is 18.9 Å². The predicted octanol–water partition coefficient (Wildman–Crippen LogP) is 1.93. The highest BCUT2D eigenvalue weighted by atomic mass is 35.5. The van der Waals surface area contributed by atoms with Gasteiger partial charge in [0.25, 0.3) is 0 Å². The number of benzene rings is 1. The maximum atomic E-state index is 9.92. The van der Waals surface area contributed by atoms with E-state index >= 15 is 0 Å². The Balaban J connectivity index is 2.38. The van der Waals surface area contributed by atoms with Gasteiger partial charge in [-0.2, -0.15) is 0 Å². The molecule has 16 heavy (non-hydrogen) atoms. The van der Waals surface area contributed by atoms with Crippen molar-refractivity contribution >= 4 is 17.3 Å². The molecule has 2 rings (SSSR count). The molecule has 0 amide bonds. The van der Waals surface area contributed by atoms with E-state index in [2.05, 4.69) is 4.90 Å². The number of hydrogen-bond acceptors (Lipinski definition) is 3. The number of nitrogens with two attached hydrogens (primary N) is 1. The van der Waals surface area contributed by atoms with Gasteiger partial charge in [0, 0.05) is 35.9 Å². The lowest BCUT2D eigenvalue weighted by atomic mass is 10.1. The summed E-state index contributed by atoms with van der Waals surface area (Å²) in [5.41, 5.74) is 7.32. The predicted molar refractivity (Wildman–Crippen MR) is 66.9 cm³/mol. The van der Waals surface area contributed by atoms with Gasteiger partial charge in [0.1, 0.15) is 0 Å². The van der Waals surface area contributed by atoms with Crippen LogP contribution in [-0.2, 0) is 0 Å². The second-order valence-electron chi connectivity index (χ2n) is 4.12. The number of aliphatic hydroxyl groups is 1. The molecule has 1 atom stereocenters. The van der Waals surface area contributed by atoms with Crippen LogP contribution in [0.15, 0.2) is 18.2 Å². The number of aliphatic hydroxyl groups excluding tert-OH is 1. The Hall–Kier alpha value is -0.770. The summed E-state index contributed by atoms with van der Waals surface area (Å²) in [7, 11) is 0. The molecule has 1 aromatic carbocycles. The topological polar surface area (TPSA) is 49.5 Å². The van der Waals surface area contributed by atoms with Gasteiger partial charge in [-0.3, -0.25) is 0 Å². The van der Waals surface area contributed by atoms with Crippen LogP contribution in [0.3, 0.4) is 0 Å². The first kappa shape index (κ1) is 11.7. The summed E-state index contributed by atoms with van der Waals surface area (Å²) in [4.78, 5) is 2.26. The summed E-state index contributed by atoms with van der Waals surface area (Å²) in [5, 5.41) is 10.5. The second kappa shape index (κ2) is 5.04. The molecule has 1 heterocycles. The normalized spacial score (nSPS) is 17.8. The summed E-state index contributed by atoms with van der Waals surface area (Å²) < 4.78 is 0. The lowest BCUT2D eigenvalue weighted by molar-refractivity contribution is 0.187. The highest BCUT2D eigenvalue weighted by molar-refractivity contribution is 6.31. The first-order chi connectivity index (χ1) is 7.74. The van der Waals surface area contributed by atoms with Crippen LogP contribution < -0.4 is 10.6 Å². The van der Waals surface area contributed by atoms with E-state index in [1.54, 1.807) is 6.07 Å². The first-order valence-corrected chi connectivity index (χ1v) is 6.03. The van der Waals surface area contributed by atoms with Crippen molar-refractivity contribution < 1.29 is 5.11 Å². The van der Waals surface area contributed by atoms with Crippen molar-refractivity contribution in [2.75, 3.05) is 24.5 Å². The molecule has 1 aliphatic rings. The molecule has 0 aliphatic carbocycles. The fourth-order valence-electron chi connectivity index (χ4n) is 2.21. The lowest BCUT2D eigenvalue weighted by Gasteiger charge is -2.24. The summed E-state index contributed by atoms with van der Waals surface area (Å²) in [6.07, 6.45) is 1.72. The summed E-state index contributed by atoms with van der Waals surface area (Å²) in [6, 6.07) is 5.73. The van der Waals surface area contributed by atoms with E-state index in [0.29, 0.717) is 5.02 Å². The fraction of sp³-hybridized carbons (Fsp3) is 0.500. The van der Waals surface area contributed by atoms with Gasteiger partial charge in [-0.15, -0.1) is 0 Å². The molecule has 3 nitrogen and oxygen atoms in total.